The van der Waals surface area contributed by atoms with Crippen LogP contribution in [0.25, 0.3) is 0 Å². The van der Waals surface area contributed by atoms with E-state index >= 15 is 0 Å². The predicted molar refractivity (Wildman–Crippen MR) is 72.5 cm³/mol. The Kier molecular flexibility index (Phi) is 4.12. The molecule has 0 saturated carbocycles. The van der Waals surface area contributed by atoms with E-state index in [2.05, 4.69) is 9.88 Å². The van der Waals surface area contributed by atoms with Gasteiger partial charge in [-0.3, -0.25) is 14.7 Å². The summed E-state index contributed by atoms with van der Waals surface area (Å²) in [6.07, 6.45) is 5.89. The largest absolute Gasteiger partial charge is 0.297 e. The number of pyridine rings is 1. The van der Waals surface area contributed by atoms with Crippen molar-refractivity contribution in [1.82, 2.24) is 9.88 Å². The number of piperidine rings is 1. The fourth-order valence-corrected chi connectivity index (χ4v) is 2.51. The summed E-state index contributed by atoms with van der Waals surface area (Å²) in [5.74, 6) is 0.267. The maximum atomic E-state index is 12.5. The molecule has 2 heterocycles. The zero-order valence-corrected chi connectivity index (χ0v) is 11.4. The lowest BCUT2D eigenvalue weighted by atomic mass is 9.91. The third-order valence-corrected chi connectivity index (χ3v) is 3.90. The number of carbonyl (C=O) groups excluding carboxylic acids is 1. The van der Waals surface area contributed by atoms with Crippen molar-refractivity contribution in [1.29, 1.82) is 0 Å². The highest BCUT2D eigenvalue weighted by molar-refractivity contribution is 5.89. The molecule has 1 aromatic heterocycles. The molecule has 0 aromatic carbocycles. The molecule has 1 aliphatic rings. The smallest absolute Gasteiger partial charge is 0.158 e. The molecule has 18 heavy (non-hydrogen) atoms. The number of ketones is 1. The lowest BCUT2D eigenvalue weighted by molar-refractivity contribution is -0.129. The van der Waals surface area contributed by atoms with Crippen LogP contribution in [0.3, 0.4) is 0 Å². The number of nitrogens with zero attached hydrogens (tertiary/aromatic N) is 2. The summed E-state index contributed by atoms with van der Waals surface area (Å²) in [5.41, 5.74) is 0.505. The molecule has 0 spiro atoms. The summed E-state index contributed by atoms with van der Waals surface area (Å²) in [5, 5.41) is 0. The first-order valence-electron chi connectivity index (χ1n) is 6.79. The molecule has 0 N–H and O–H groups in total. The summed E-state index contributed by atoms with van der Waals surface area (Å²) in [4.78, 5) is 19.0. The first-order chi connectivity index (χ1) is 8.60. The van der Waals surface area contributed by atoms with Gasteiger partial charge in [0.2, 0.25) is 0 Å². The molecule has 0 radical (unpaired) electrons. The van der Waals surface area contributed by atoms with Gasteiger partial charge in [-0.1, -0.05) is 12.5 Å². The maximum absolute atomic E-state index is 12.5. The Morgan fingerprint density at radius 2 is 2.00 bits per heavy atom. The van der Waals surface area contributed by atoms with Gasteiger partial charge in [0.15, 0.2) is 5.78 Å². The first kappa shape index (κ1) is 13.2. The third kappa shape index (κ3) is 2.96. The molecule has 98 valence electrons. The van der Waals surface area contributed by atoms with E-state index in [0.29, 0.717) is 6.42 Å². The molecule has 0 aliphatic carbocycles. The number of hydrogen-bond acceptors (Lipinski definition) is 3. The van der Waals surface area contributed by atoms with Gasteiger partial charge in [0, 0.05) is 11.9 Å². The number of Topliss-reactive ketones (excluding diaryl/α,β-unsaturated/α-hetero) is 1. The second kappa shape index (κ2) is 5.61. The molecular formula is C15H22N2O. The van der Waals surface area contributed by atoms with Crippen LogP contribution < -0.4 is 0 Å². The van der Waals surface area contributed by atoms with Crippen molar-refractivity contribution in [2.75, 3.05) is 13.1 Å². The Labute approximate surface area is 109 Å². The molecule has 3 heteroatoms. The van der Waals surface area contributed by atoms with Crippen LogP contribution in [0.4, 0.5) is 0 Å². The molecule has 2 rings (SSSR count). The fourth-order valence-electron chi connectivity index (χ4n) is 2.51. The Morgan fingerprint density at radius 1 is 1.28 bits per heavy atom. The standard InChI is InChI=1S/C15H22N2O/c1-15(2,17-10-6-3-7-11-17)14(18)12-13-8-4-5-9-16-13/h4-5,8-9H,3,6-7,10-12H2,1-2H3. The minimum atomic E-state index is -0.363. The van der Waals surface area contributed by atoms with Gasteiger partial charge in [0.25, 0.3) is 0 Å². The Bertz CT molecular complexity index is 394. The molecular weight excluding hydrogens is 224 g/mol. The van der Waals surface area contributed by atoms with Crippen LogP contribution in [0.15, 0.2) is 24.4 Å². The molecule has 0 bridgehead atoms. The summed E-state index contributed by atoms with van der Waals surface area (Å²) >= 11 is 0. The van der Waals surface area contributed by atoms with E-state index in [1.165, 1.54) is 19.3 Å². The minimum Gasteiger partial charge on any atom is -0.297 e. The fraction of sp³-hybridized carbons (Fsp3) is 0.600. The summed E-state index contributed by atoms with van der Waals surface area (Å²) in [6.45, 7) is 6.18. The van der Waals surface area contributed by atoms with E-state index in [4.69, 9.17) is 0 Å². The number of aromatic nitrogens is 1. The van der Waals surface area contributed by atoms with Gasteiger partial charge in [-0.2, -0.15) is 0 Å². The topological polar surface area (TPSA) is 33.2 Å². The number of likely N-dealkylation sites (tertiary alicyclic amines) is 1. The molecule has 1 aromatic rings. The van der Waals surface area contributed by atoms with Gasteiger partial charge in [0.1, 0.15) is 0 Å². The van der Waals surface area contributed by atoms with E-state index < -0.39 is 0 Å². The van der Waals surface area contributed by atoms with Crippen molar-refractivity contribution in [3.05, 3.63) is 30.1 Å². The second-order valence-electron chi connectivity index (χ2n) is 5.53. The van der Waals surface area contributed by atoms with Crippen LogP contribution in [0, 0.1) is 0 Å². The third-order valence-electron chi connectivity index (χ3n) is 3.90. The van der Waals surface area contributed by atoms with Crippen molar-refractivity contribution in [3.63, 3.8) is 0 Å². The molecule has 3 nitrogen and oxygen atoms in total. The Balaban J connectivity index is 2.02. The van der Waals surface area contributed by atoms with Crippen molar-refractivity contribution in [2.24, 2.45) is 0 Å². The van der Waals surface area contributed by atoms with Crippen LogP contribution in [0.5, 0.6) is 0 Å². The minimum absolute atomic E-state index is 0.267. The SMILES string of the molecule is CC(C)(C(=O)Cc1ccccn1)N1CCCCC1. The molecule has 0 unspecified atom stereocenters. The molecule has 0 atom stereocenters. The van der Waals surface area contributed by atoms with E-state index in [9.17, 15) is 4.79 Å². The van der Waals surface area contributed by atoms with Crippen LogP contribution in [0.1, 0.15) is 38.8 Å². The van der Waals surface area contributed by atoms with E-state index in [-0.39, 0.29) is 11.3 Å². The number of carbonyl (C=O) groups is 1. The van der Waals surface area contributed by atoms with Gasteiger partial charge >= 0.3 is 0 Å². The molecule has 1 fully saturated rings. The summed E-state index contributed by atoms with van der Waals surface area (Å²) in [6, 6.07) is 5.73. The van der Waals surface area contributed by atoms with Crippen LogP contribution in [-0.2, 0) is 11.2 Å². The van der Waals surface area contributed by atoms with E-state index in [1.54, 1.807) is 6.20 Å². The van der Waals surface area contributed by atoms with E-state index in [1.807, 2.05) is 32.0 Å². The van der Waals surface area contributed by atoms with Gasteiger partial charge in [-0.05, 0) is 51.9 Å². The van der Waals surface area contributed by atoms with Crippen LogP contribution >= 0.6 is 0 Å². The zero-order chi connectivity index (χ0) is 13.0. The van der Waals surface area contributed by atoms with Crippen LogP contribution in [0.2, 0.25) is 0 Å². The van der Waals surface area contributed by atoms with Crippen molar-refractivity contribution >= 4 is 5.78 Å². The molecule has 1 saturated heterocycles. The zero-order valence-electron chi connectivity index (χ0n) is 11.4. The maximum Gasteiger partial charge on any atom is 0.158 e. The van der Waals surface area contributed by atoms with Gasteiger partial charge < -0.3 is 0 Å². The average Bonchev–Trinajstić information content (AvgIpc) is 2.41. The lowest BCUT2D eigenvalue weighted by Crippen LogP contribution is -2.52. The van der Waals surface area contributed by atoms with Gasteiger partial charge in [0.05, 0.1) is 12.0 Å². The van der Waals surface area contributed by atoms with E-state index in [0.717, 1.165) is 18.8 Å². The highest BCUT2D eigenvalue weighted by Crippen LogP contribution is 2.22. The normalized spacial score (nSPS) is 17.7. The average molecular weight is 246 g/mol. The molecule has 1 aliphatic heterocycles. The van der Waals surface area contributed by atoms with Crippen molar-refractivity contribution in [3.8, 4) is 0 Å². The first-order valence-corrected chi connectivity index (χ1v) is 6.79. The highest BCUT2D eigenvalue weighted by Gasteiger charge is 2.34. The van der Waals surface area contributed by atoms with Gasteiger partial charge in [-0.15, -0.1) is 0 Å². The monoisotopic (exact) mass is 246 g/mol. The lowest BCUT2D eigenvalue weighted by Gasteiger charge is -2.39. The Morgan fingerprint density at radius 3 is 2.61 bits per heavy atom. The Hall–Kier alpha value is -1.22. The summed E-state index contributed by atoms with van der Waals surface area (Å²) < 4.78 is 0. The van der Waals surface area contributed by atoms with Gasteiger partial charge in [-0.25, -0.2) is 0 Å². The van der Waals surface area contributed by atoms with Crippen LogP contribution in [-0.4, -0.2) is 34.3 Å². The number of hydrogen-bond donors (Lipinski definition) is 0. The summed E-state index contributed by atoms with van der Waals surface area (Å²) in [7, 11) is 0. The van der Waals surface area contributed by atoms with Crippen molar-refractivity contribution in [2.45, 2.75) is 45.1 Å². The van der Waals surface area contributed by atoms with Crippen molar-refractivity contribution < 1.29 is 4.79 Å². The highest BCUT2D eigenvalue weighted by atomic mass is 16.1. The number of rotatable bonds is 4. The predicted octanol–water partition coefficient (Wildman–Crippen LogP) is 2.46. The second-order valence-corrected chi connectivity index (χ2v) is 5.53. The molecule has 0 amide bonds. The quantitative estimate of drug-likeness (QED) is 0.818.